The van der Waals surface area contributed by atoms with Crippen molar-refractivity contribution in [3.8, 4) is 0 Å². The number of nitrogens with one attached hydrogen (secondary N) is 1. The van der Waals surface area contributed by atoms with Gasteiger partial charge in [0.1, 0.15) is 0 Å². The van der Waals surface area contributed by atoms with Gasteiger partial charge in [0.05, 0.1) is 0 Å². The number of hydrogen-bond acceptors (Lipinski definition) is 2. The zero-order chi connectivity index (χ0) is 14.5. The Labute approximate surface area is 137 Å². The minimum Gasteiger partial charge on any atom is -0.308 e. The number of hydrogen-bond donors (Lipinski definition) is 1. The maximum absolute atomic E-state index is 12.6. The quantitative estimate of drug-likeness (QED) is 0.856. The summed E-state index contributed by atoms with van der Waals surface area (Å²) in [4.78, 5) is 12.6. The number of ketones is 1. The van der Waals surface area contributed by atoms with Crippen LogP contribution in [-0.2, 0) is 4.79 Å². The fraction of sp³-hybridized carbons (Fsp3) is 0.105. The number of Topliss-reactive ketones (excluding diaryl/α,β-unsaturated/α-hetero) is 1. The first-order valence-corrected chi connectivity index (χ1v) is 7.09. The zero-order valence-corrected chi connectivity index (χ0v) is 13.0. The van der Waals surface area contributed by atoms with Gasteiger partial charge in [-0.3, -0.25) is 4.79 Å². The predicted octanol–water partition coefficient (Wildman–Crippen LogP) is 3.75. The van der Waals surface area contributed by atoms with E-state index >= 15 is 0 Å². The fourth-order valence-electron chi connectivity index (χ4n) is 2.43. The van der Waals surface area contributed by atoms with E-state index < -0.39 is 0 Å². The standard InChI is InChI=1S/C19H17NO.ClH/c21-19-17(11-15-7-3-1-4-8-15)13-20-14-18(19)12-16-9-5-2-6-10-16;/h1-12,20H,13-14H2;1H. The van der Waals surface area contributed by atoms with E-state index in [0.717, 1.165) is 22.3 Å². The fourth-order valence-corrected chi connectivity index (χ4v) is 2.43. The number of halogens is 1. The highest BCUT2D eigenvalue weighted by Crippen LogP contribution is 2.17. The van der Waals surface area contributed by atoms with Crippen molar-refractivity contribution in [2.45, 2.75) is 0 Å². The van der Waals surface area contributed by atoms with Gasteiger partial charge in [-0.15, -0.1) is 12.4 Å². The van der Waals surface area contributed by atoms with E-state index in [-0.39, 0.29) is 18.2 Å². The molecule has 1 saturated heterocycles. The Kier molecular flexibility index (Phi) is 5.70. The number of benzene rings is 2. The lowest BCUT2D eigenvalue weighted by Crippen LogP contribution is -2.32. The van der Waals surface area contributed by atoms with Gasteiger partial charge in [-0.2, -0.15) is 0 Å². The van der Waals surface area contributed by atoms with E-state index in [2.05, 4.69) is 5.32 Å². The molecule has 112 valence electrons. The number of carbonyl (C=O) groups excluding carboxylic acids is 1. The topological polar surface area (TPSA) is 29.1 Å². The van der Waals surface area contributed by atoms with Crippen LogP contribution in [0.3, 0.4) is 0 Å². The summed E-state index contributed by atoms with van der Waals surface area (Å²) < 4.78 is 0. The van der Waals surface area contributed by atoms with Gasteiger partial charge in [0.15, 0.2) is 5.78 Å². The highest BCUT2D eigenvalue weighted by atomic mass is 35.5. The summed E-state index contributed by atoms with van der Waals surface area (Å²) in [7, 11) is 0. The lowest BCUT2D eigenvalue weighted by atomic mass is 9.96. The third-order valence-corrected chi connectivity index (χ3v) is 3.50. The summed E-state index contributed by atoms with van der Waals surface area (Å²) in [5.74, 6) is 0.140. The average molecular weight is 312 g/mol. The van der Waals surface area contributed by atoms with Crippen LogP contribution in [0.15, 0.2) is 71.8 Å². The lowest BCUT2D eigenvalue weighted by molar-refractivity contribution is -0.112. The van der Waals surface area contributed by atoms with E-state index in [1.165, 1.54) is 0 Å². The van der Waals surface area contributed by atoms with Crippen LogP contribution >= 0.6 is 12.4 Å². The van der Waals surface area contributed by atoms with Crippen molar-refractivity contribution in [3.63, 3.8) is 0 Å². The Balaban J connectivity index is 0.00000176. The Morgan fingerprint density at radius 1 is 0.727 bits per heavy atom. The van der Waals surface area contributed by atoms with Crippen molar-refractivity contribution >= 4 is 30.3 Å². The first-order chi connectivity index (χ1) is 10.3. The third-order valence-electron chi connectivity index (χ3n) is 3.50. The van der Waals surface area contributed by atoms with Crippen LogP contribution < -0.4 is 5.32 Å². The third kappa shape index (κ3) is 3.94. The number of rotatable bonds is 2. The maximum Gasteiger partial charge on any atom is 0.187 e. The van der Waals surface area contributed by atoms with Crippen molar-refractivity contribution in [2.75, 3.05) is 13.1 Å². The van der Waals surface area contributed by atoms with Crippen LogP contribution in [0, 0.1) is 0 Å². The summed E-state index contributed by atoms with van der Waals surface area (Å²) in [6, 6.07) is 19.9. The first kappa shape index (κ1) is 16.2. The molecule has 2 nitrogen and oxygen atoms in total. The summed E-state index contributed by atoms with van der Waals surface area (Å²) >= 11 is 0. The molecule has 1 aliphatic rings. The predicted molar refractivity (Wildman–Crippen MR) is 94.0 cm³/mol. The first-order valence-electron chi connectivity index (χ1n) is 7.09. The lowest BCUT2D eigenvalue weighted by Gasteiger charge is -2.18. The molecular weight excluding hydrogens is 294 g/mol. The molecule has 22 heavy (non-hydrogen) atoms. The molecule has 3 rings (SSSR count). The maximum atomic E-state index is 12.6. The molecule has 1 aliphatic heterocycles. The summed E-state index contributed by atoms with van der Waals surface area (Å²) in [6.07, 6.45) is 3.93. The molecule has 2 aromatic carbocycles. The Morgan fingerprint density at radius 3 is 1.55 bits per heavy atom. The second kappa shape index (κ2) is 7.74. The Bertz CT molecular complexity index is 630. The molecule has 0 saturated carbocycles. The van der Waals surface area contributed by atoms with Gasteiger partial charge < -0.3 is 5.32 Å². The summed E-state index contributed by atoms with van der Waals surface area (Å²) in [6.45, 7) is 1.25. The zero-order valence-electron chi connectivity index (χ0n) is 12.2. The van der Waals surface area contributed by atoms with Gasteiger partial charge in [-0.25, -0.2) is 0 Å². The van der Waals surface area contributed by atoms with E-state index in [1.807, 2.05) is 72.8 Å². The average Bonchev–Trinajstić information content (AvgIpc) is 2.53. The van der Waals surface area contributed by atoms with Crippen molar-refractivity contribution in [1.82, 2.24) is 5.32 Å². The molecule has 1 N–H and O–H groups in total. The van der Waals surface area contributed by atoms with E-state index in [4.69, 9.17) is 0 Å². The number of piperidine rings is 1. The Morgan fingerprint density at radius 2 is 1.14 bits per heavy atom. The van der Waals surface area contributed by atoms with Crippen molar-refractivity contribution in [3.05, 3.63) is 82.9 Å². The van der Waals surface area contributed by atoms with Crippen LogP contribution in [0.2, 0.25) is 0 Å². The molecule has 0 unspecified atom stereocenters. The van der Waals surface area contributed by atoms with Crippen LogP contribution in [-0.4, -0.2) is 18.9 Å². The van der Waals surface area contributed by atoms with Gasteiger partial charge >= 0.3 is 0 Å². The highest BCUT2D eigenvalue weighted by Gasteiger charge is 2.19. The van der Waals surface area contributed by atoms with Gasteiger partial charge in [0.25, 0.3) is 0 Å². The monoisotopic (exact) mass is 311 g/mol. The van der Waals surface area contributed by atoms with Crippen LogP contribution in [0.4, 0.5) is 0 Å². The molecule has 0 bridgehead atoms. The van der Waals surface area contributed by atoms with Gasteiger partial charge in [-0.1, -0.05) is 60.7 Å². The molecule has 0 aliphatic carbocycles. The van der Waals surface area contributed by atoms with Crippen molar-refractivity contribution in [2.24, 2.45) is 0 Å². The second-order valence-corrected chi connectivity index (χ2v) is 5.09. The molecule has 0 spiro atoms. The molecule has 1 heterocycles. The summed E-state index contributed by atoms with van der Waals surface area (Å²) in [5, 5.41) is 3.30. The molecule has 1 fully saturated rings. The largest absolute Gasteiger partial charge is 0.308 e. The van der Waals surface area contributed by atoms with Crippen LogP contribution in [0.1, 0.15) is 11.1 Å². The molecule has 0 radical (unpaired) electrons. The molecule has 0 atom stereocenters. The van der Waals surface area contributed by atoms with E-state index in [1.54, 1.807) is 0 Å². The normalized spacial score (nSPS) is 18.3. The summed E-state index contributed by atoms with van der Waals surface area (Å²) in [5.41, 5.74) is 3.75. The van der Waals surface area contributed by atoms with Crippen LogP contribution in [0.25, 0.3) is 12.2 Å². The molecule has 3 heteroatoms. The van der Waals surface area contributed by atoms with Crippen molar-refractivity contribution in [1.29, 1.82) is 0 Å². The Hall–Kier alpha value is -2.16. The minimum absolute atomic E-state index is 0. The molecule has 0 aromatic heterocycles. The van der Waals surface area contributed by atoms with Gasteiger partial charge in [-0.05, 0) is 23.3 Å². The smallest absolute Gasteiger partial charge is 0.187 e. The SMILES string of the molecule is Cl.O=C1C(=Cc2ccccc2)CNCC1=Cc1ccccc1. The molecule has 2 aromatic rings. The number of carbonyl (C=O) groups is 1. The molecular formula is C19H18ClNO. The van der Waals surface area contributed by atoms with Gasteiger partial charge in [0, 0.05) is 24.2 Å². The second-order valence-electron chi connectivity index (χ2n) is 5.09. The van der Waals surface area contributed by atoms with E-state index in [9.17, 15) is 4.79 Å². The highest BCUT2D eigenvalue weighted by molar-refractivity contribution is 6.14. The van der Waals surface area contributed by atoms with Crippen LogP contribution in [0.5, 0.6) is 0 Å². The molecule has 0 amide bonds. The van der Waals surface area contributed by atoms with E-state index in [0.29, 0.717) is 13.1 Å². The van der Waals surface area contributed by atoms with Gasteiger partial charge in [0.2, 0.25) is 0 Å². The van der Waals surface area contributed by atoms with Crippen molar-refractivity contribution < 1.29 is 4.79 Å². The minimum atomic E-state index is 0.